The zero-order valence-corrected chi connectivity index (χ0v) is 17.3. The number of carbonyl (C=O) groups excluding carboxylic acids is 1. The average molecular weight is 400 g/mol. The lowest BCUT2D eigenvalue weighted by Crippen LogP contribution is -2.40. The normalized spacial score (nSPS) is 16.3. The van der Waals surface area contributed by atoms with E-state index in [0.29, 0.717) is 0 Å². The highest BCUT2D eigenvalue weighted by Gasteiger charge is 2.26. The third-order valence-corrected chi connectivity index (χ3v) is 5.54. The van der Waals surface area contributed by atoms with Gasteiger partial charge in [0.2, 0.25) is 5.91 Å². The van der Waals surface area contributed by atoms with Gasteiger partial charge in [-0.3, -0.25) is 9.69 Å². The molecule has 0 unspecified atom stereocenters. The fourth-order valence-electron chi connectivity index (χ4n) is 3.79. The van der Waals surface area contributed by atoms with E-state index in [4.69, 9.17) is 9.47 Å². The first-order chi connectivity index (χ1) is 14.0. The van der Waals surface area contributed by atoms with Crippen molar-refractivity contribution in [3.8, 4) is 11.5 Å². The van der Waals surface area contributed by atoms with Gasteiger partial charge in [0, 0.05) is 18.0 Å². The lowest BCUT2D eigenvalue weighted by atomic mass is 9.94. The molecule has 1 heterocycles. The summed E-state index contributed by atoms with van der Waals surface area (Å²) < 4.78 is 23.8. The molecule has 0 aromatic heterocycles. The molecule has 1 aliphatic rings. The SMILES string of the molecule is COc1ccc(OC)c([C@H](C)NC(=O)C2CCN(Cc3ccc(F)cc3)CC2)c1. The molecule has 0 bridgehead atoms. The molecule has 1 atom stereocenters. The Morgan fingerprint density at radius 2 is 1.83 bits per heavy atom. The molecule has 1 amide bonds. The zero-order chi connectivity index (χ0) is 20.8. The summed E-state index contributed by atoms with van der Waals surface area (Å²) >= 11 is 0. The van der Waals surface area contributed by atoms with Gasteiger partial charge in [-0.1, -0.05) is 12.1 Å². The van der Waals surface area contributed by atoms with Crippen molar-refractivity contribution in [2.24, 2.45) is 5.92 Å². The van der Waals surface area contributed by atoms with Gasteiger partial charge in [-0.25, -0.2) is 4.39 Å². The third-order valence-electron chi connectivity index (χ3n) is 5.54. The molecule has 1 saturated heterocycles. The number of halogens is 1. The van der Waals surface area contributed by atoms with Crippen LogP contribution in [-0.2, 0) is 11.3 Å². The van der Waals surface area contributed by atoms with E-state index < -0.39 is 0 Å². The Morgan fingerprint density at radius 1 is 1.14 bits per heavy atom. The van der Waals surface area contributed by atoms with Gasteiger partial charge in [0.25, 0.3) is 0 Å². The van der Waals surface area contributed by atoms with Gasteiger partial charge in [-0.2, -0.15) is 0 Å². The van der Waals surface area contributed by atoms with Crippen molar-refractivity contribution in [2.45, 2.75) is 32.4 Å². The Balaban J connectivity index is 1.53. The van der Waals surface area contributed by atoms with Crippen LogP contribution < -0.4 is 14.8 Å². The van der Waals surface area contributed by atoms with Crippen LogP contribution >= 0.6 is 0 Å². The summed E-state index contributed by atoms with van der Waals surface area (Å²) in [6.45, 7) is 4.45. The number of methoxy groups -OCH3 is 2. The minimum Gasteiger partial charge on any atom is -0.497 e. The van der Waals surface area contributed by atoms with Crippen LogP contribution in [0.15, 0.2) is 42.5 Å². The van der Waals surface area contributed by atoms with E-state index in [2.05, 4.69) is 10.2 Å². The van der Waals surface area contributed by atoms with Crippen LogP contribution in [0.5, 0.6) is 11.5 Å². The molecule has 0 aliphatic carbocycles. The number of rotatable bonds is 7. The average Bonchev–Trinajstić information content (AvgIpc) is 2.75. The summed E-state index contributed by atoms with van der Waals surface area (Å²) in [7, 11) is 3.24. The monoisotopic (exact) mass is 400 g/mol. The van der Waals surface area contributed by atoms with Crippen LogP contribution in [0.3, 0.4) is 0 Å². The van der Waals surface area contributed by atoms with Crippen molar-refractivity contribution >= 4 is 5.91 Å². The topological polar surface area (TPSA) is 50.8 Å². The fraction of sp³-hybridized carbons (Fsp3) is 0.435. The molecule has 29 heavy (non-hydrogen) atoms. The number of benzene rings is 2. The standard InChI is InChI=1S/C23H29FN2O3/c1-16(21-14-20(28-2)8-9-22(21)29-3)25-23(27)18-10-12-26(13-11-18)15-17-4-6-19(24)7-5-17/h4-9,14,16,18H,10-13,15H2,1-3H3,(H,25,27)/t16-/m0/s1. The molecule has 1 N–H and O–H groups in total. The molecule has 0 radical (unpaired) electrons. The van der Waals surface area contributed by atoms with Crippen molar-refractivity contribution in [3.63, 3.8) is 0 Å². The molecule has 5 nitrogen and oxygen atoms in total. The first kappa shape index (κ1) is 21.1. The van der Waals surface area contributed by atoms with Gasteiger partial charge >= 0.3 is 0 Å². The lowest BCUT2D eigenvalue weighted by molar-refractivity contribution is -0.127. The van der Waals surface area contributed by atoms with Crippen LogP contribution in [-0.4, -0.2) is 38.1 Å². The molecule has 2 aromatic rings. The number of ether oxygens (including phenoxy) is 2. The molecule has 156 valence electrons. The molecule has 0 spiro atoms. The van der Waals surface area contributed by atoms with Gasteiger partial charge in [0.05, 0.1) is 20.3 Å². The van der Waals surface area contributed by atoms with Crippen LogP contribution in [0.25, 0.3) is 0 Å². The third kappa shape index (κ3) is 5.48. The zero-order valence-electron chi connectivity index (χ0n) is 17.3. The summed E-state index contributed by atoms with van der Waals surface area (Å²) in [4.78, 5) is 15.1. The summed E-state index contributed by atoms with van der Waals surface area (Å²) in [5.41, 5.74) is 1.99. The van der Waals surface area contributed by atoms with Crippen LogP contribution in [0.1, 0.15) is 36.9 Å². The Bertz CT molecular complexity index is 817. The van der Waals surface area contributed by atoms with Crippen LogP contribution in [0, 0.1) is 11.7 Å². The van der Waals surface area contributed by atoms with Crippen molar-refractivity contribution in [1.82, 2.24) is 10.2 Å². The van der Waals surface area contributed by atoms with E-state index >= 15 is 0 Å². The lowest BCUT2D eigenvalue weighted by Gasteiger charge is -2.32. The Hall–Kier alpha value is -2.60. The highest BCUT2D eigenvalue weighted by atomic mass is 19.1. The minimum atomic E-state index is -0.217. The number of amides is 1. The number of hydrogen-bond acceptors (Lipinski definition) is 4. The largest absolute Gasteiger partial charge is 0.497 e. The van der Waals surface area contributed by atoms with Gasteiger partial charge in [-0.05, 0) is 68.8 Å². The maximum absolute atomic E-state index is 13.0. The molecule has 1 aliphatic heterocycles. The van der Waals surface area contributed by atoms with Crippen molar-refractivity contribution < 1.29 is 18.7 Å². The highest BCUT2D eigenvalue weighted by Crippen LogP contribution is 2.30. The van der Waals surface area contributed by atoms with E-state index in [9.17, 15) is 9.18 Å². The Kier molecular flexibility index (Phi) is 7.09. The van der Waals surface area contributed by atoms with E-state index in [1.807, 2.05) is 37.3 Å². The van der Waals surface area contributed by atoms with Crippen molar-refractivity contribution in [1.29, 1.82) is 0 Å². The second-order valence-corrected chi connectivity index (χ2v) is 7.52. The smallest absolute Gasteiger partial charge is 0.223 e. The maximum Gasteiger partial charge on any atom is 0.223 e. The second-order valence-electron chi connectivity index (χ2n) is 7.52. The second kappa shape index (κ2) is 9.74. The van der Waals surface area contributed by atoms with Gasteiger partial charge < -0.3 is 14.8 Å². The van der Waals surface area contributed by atoms with E-state index in [1.165, 1.54) is 12.1 Å². The highest BCUT2D eigenvalue weighted by molar-refractivity contribution is 5.79. The quantitative estimate of drug-likeness (QED) is 0.765. The first-order valence-electron chi connectivity index (χ1n) is 9.99. The van der Waals surface area contributed by atoms with Gasteiger partial charge in [0.1, 0.15) is 17.3 Å². The summed E-state index contributed by atoms with van der Waals surface area (Å²) in [5.74, 6) is 1.32. The molecule has 3 rings (SSSR count). The fourth-order valence-corrected chi connectivity index (χ4v) is 3.79. The number of hydrogen-bond donors (Lipinski definition) is 1. The summed E-state index contributed by atoms with van der Waals surface area (Å²) in [6, 6.07) is 12.0. The molecule has 2 aromatic carbocycles. The first-order valence-corrected chi connectivity index (χ1v) is 9.99. The van der Waals surface area contributed by atoms with E-state index in [1.54, 1.807) is 14.2 Å². The summed E-state index contributed by atoms with van der Waals surface area (Å²) in [6.07, 6.45) is 1.63. The van der Waals surface area contributed by atoms with Gasteiger partial charge in [-0.15, -0.1) is 0 Å². The Morgan fingerprint density at radius 3 is 2.45 bits per heavy atom. The number of likely N-dealkylation sites (tertiary alicyclic amines) is 1. The van der Waals surface area contributed by atoms with Crippen LogP contribution in [0.2, 0.25) is 0 Å². The van der Waals surface area contributed by atoms with Crippen molar-refractivity contribution in [3.05, 3.63) is 59.4 Å². The predicted octanol–water partition coefficient (Wildman–Crippen LogP) is 3.93. The number of nitrogens with zero attached hydrogens (tertiary/aromatic N) is 1. The number of nitrogens with one attached hydrogen (secondary N) is 1. The predicted molar refractivity (Wildman–Crippen MR) is 111 cm³/mol. The molecule has 0 saturated carbocycles. The van der Waals surface area contributed by atoms with E-state index in [-0.39, 0.29) is 23.7 Å². The van der Waals surface area contributed by atoms with Gasteiger partial charge in [0.15, 0.2) is 0 Å². The molecule has 1 fully saturated rings. The van der Waals surface area contributed by atoms with Crippen molar-refractivity contribution in [2.75, 3.05) is 27.3 Å². The number of piperidine rings is 1. The maximum atomic E-state index is 13.0. The minimum absolute atomic E-state index is 0.00137. The molecular formula is C23H29FN2O3. The molecule has 6 heteroatoms. The molecular weight excluding hydrogens is 371 g/mol. The Labute approximate surface area is 171 Å². The number of carbonyl (C=O) groups is 1. The van der Waals surface area contributed by atoms with Crippen LogP contribution in [0.4, 0.5) is 4.39 Å². The van der Waals surface area contributed by atoms with E-state index in [0.717, 1.165) is 55.1 Å². The summed E-state index contributed by atoms with van der Waals surface area (Å²) in [5, 5.41) is 3.13.